The summed E-state index contributed by atoms with van der Waals surface area (Å²) < 4.78 is 0. The molecule has 0 aliphatic heterocycles. The minimum Gasteiger partial charge on any atom is -0.349 e. The van der Waals surface area contributed by atoms with Crippen LogP contribution in [0.5, 0.6) is 0 Å². The van der Waals surface area contributed by atoms with Crippen molar-refractivity contribution in [2.75, 3.05) is 0 Å². The van der Waals surface area contributed by atoms with Gasteiger partial charge in [0.2, 0.25) is 0 Å². The van der Waals surface area contributed by atoms with Crippen LogP contribution in [-0.4, -0.2) is 11.9 Å². The van der Waals surface area contributed by atoms with Gasteiger partial charge < -0.3 is 5.32 Å². The van der Waals surface area contributed by atoms with E-state index in [4.69, 9.17) is 11.6 Å². The molecule has 5 rings (SSSR count). The van der Waals surface area contributed by atoms with E-state index in [0.717, 1.165) is 23.7 Å². The predicted molar refractivity (Wildman–Crippen MR) is 88.9 cm³/mol. The summed E-state index contributed by atoms with van der Waals surface area (Å²) in [7, 11) is 0. The fraction of sp³-hybridized carbons (Fsp3) is 0.632. The van der Waals surface area contributed by atoms with Crippen LogP contribution in [0.1, 0.15) is 49.4 Å². The quantitative estimate of drug-likeness (QED) is 0.871. The predicted octanol–water partition coefficient (Wildman–Crippen LogP) is 4.53. The van der Waals surface area contributed by atoms with Gasteiger partial charge in [-0.25, -0.2) is 0 Å². The van der Waals surface area contributed by atoms with Crippen molar-refractivity contribution in [2.24, 2.45) is 29.6 Å². The third-order valence-corrected chi connectivity index (χ3v) is 6.68. The van der Waals surface area contributed by atoms with E-state index in [9.17, 15) is 4.79 Å². The summed E-state index contributed by atoms with van der Waals surface area (Å²) in [6, 6.07) is 7.57. The second-order valence-electron chi connectivity index (χ2n) is 7.75. The molecular weight excluding hydrogens is 294 g/mol. The van der Waals surface area contributed by atoms with E-state index in [1.807, 2.05) is 12.1 Å². The molecule has 4 fully saturated rings. The molecule has 2 nitrogen and oxygen atoms in total. The number of rotatable bonds is 3. The fourth-order valence-electron chi connectivity index (χ4n) is 5.81. The first-order valence-corrected chi connectivity index (χ1v) is 9.05. The van der Waals surface area contributed by atoms with Crippen LogP contribution >= 0.6 is 11.6 Å². The molecule has 118 valence electrons. The van der Waals surface area contributed by atoms with Crippen molar-refractivity contribution in [1.82, 2.24) is 5.32 Å². The second kappa shape index (κ2) is 5.56. The molecule has 4 saturated carbocycles. The zero-order chi connectivity index (χ0) is 15.3. The van der Waals surface area contributed by atoms with Gasteiger partial charge in [0.25, 0.3) is 5.91 Å². The monoisotopic (exact) mass is 317 g/mol. The number of carbonyl (C=O) groups excluding carboxylic acids is 1. The lowest BCUT2D eigenvalue weighted by atomic mass is 9.50. The molecule has 4 aliphatic carbocycles. The number of nitrogens with one attached hydrogen (secondary N) is 1. The Morgan fingerprint density at radius 1 is 1.09 bits per heavy atom. The normalized spacial score (nSPS) is 37.1. The Balaban J connectivity index is 1.47. The lowest BCUT2D eigenvalue weighted by Crippen LogP contribution is -2.53. The number of carbonyl (C=O) groups is 1. The molecule has 22 heavy (non-hydrogen) atoms. The Bertz CT molecular complexity index is 557. The summed E-state index contributed by atoms with van der Waals surface area (Å²) in [5.41, 5.74) is 0.597. The highest BCUT2D eigenvalue weighted by atomic mass is 35.5. The Morgan fingerprint density at radius 2 is 1.68 bits per heavy atom. The first-order valence-electron chi connectivity index (χ1n) is 8.67. The zero-order valence-electron chi connectivity index (χ0n) is 13.1. The van der Waals surface area contributed by atoms with E-state index < -0.39 is 0 Å². The van der Waals surface area contributed by atoms with Crippen LogP contribution in [0.15, 0.2) is 24.3 Å². The van der Waals surface area contributed by atoms with Crippen molar-refractivity contribution in [3.63, 3.8) is 0 Å². The zero-order valence-corrected chi connectivity index (χ0v) is 13.9. The molecule has 1 amide bonds. The van der Waals surface area contributed by atoms with Crippen molar-refractivity contribution in [3.05, 3.63) is 34.9 Å². The Labute approximate surface area is 137 Å². The number of hydrogen-bond donors (Lipinski definition) is 1. The number of benzene rings is 1. The average molecular weight is 318 g/mol. The van der Waals surface area contributed by atoms with Gasteiger partial charge in [-0.05, 0) is 80.8 Å². The molecule has 1 aromatic rings. The molecule has 0 saturated heterocycles. The molecule has 0 heterocycles. The van der Waals surface area contributed by atoms with Crippen molar-refractivity contribution in [1.29, 1.82) is 0 Å². The molecule has 3 heteroatoms. The van der Waals surface area contributed by atoms with Crippen LogP contribution in [-0.2, 0) is 0 Å². The minimum absolute atomic E-state index is 0.0214. The summed E-state index contributed by atoms with van der Waals surface area (Å²) in [5.74, 6) is 4.26. The van der Waals surface area contributed by atoms with Crippen molar-refractivity contribution < 1.29 is 4.79 Å². The van der Waals surface area contributed by atoms with Gasteiger partial charge in [-0.2, -0.15) is 0 Å². The standard InChI is InChI=1S/C19H24ClNO/c1-11(21-19(22)16-4-2-3-5-17(16)20)18-14-7-12-6-13(9-14)10-15(18)8-12/h2-5,11-15,18H,6-10H2,1H3,(H,21,22). The highest BCUT2D eigenvalue weighted by molar-refractivity contribution is 6.33. The van der Waals surface area contributed by atoms with Gasteiger partial charge in [0.1, 0.15) is 0 Å². The molecule has 1 aromatic carbocycles. The smallest absolute Gasteiger partial charge is 0.253 e. The second-order valence-corrected chi connectivity index (χ2v) is 8.16. The molecule has 4 aliphatic rings. The van der Waals surface area contributed by atoms with Crippen LogP contribution in [0.2, 0.25) is 5.02 Å². The minimum atomic E-state index is -0.0214. The first-order chi connectivity index (χ1) is 10.6. The van der Waals surface area contributed by atoms with E-state index in [-0.39, 0.29) is 11.9 Å². The van der Waals surface area contributed by atoms with Crippen LogP contribution in [0.4, 0.5) is 0 Å². The fourth-order valence-corrected chi connectivity index (χ4v) is 6.03. The van der Waals surface area contributed by atoms with Crippen LogP contribution in [0, 0.1) is 29.6 Å². The van der Waals surface area contributed by atoms with E-state index >= 15 is 0 Å². The van der Waals surface area contributed by atoms with E-state index in [1.165, 1.54) is 32.1 Å². The summed E-state index contributed by atoms with van der Waals surface area (Å²) in [4.78, 5) is 12.5. The number of amides is 1. The van der Waals surface area contributed by atoms with Crippen LogP contribution in [0.3, 0.4) is 0 Å². The summed E-state index contributed by atoms with van der Waals surface area (Å²) >= 11 is 6.15. The van der Waals surface area contributed by atoms with E-state index in [0.29, 0.717) is 16.5 Å². The Morgan fingerprint density at radius 3 is 2.27 bits per heavy atom. The molecule has 0 spiro atoms. The molecule has 4 bridgehead atoms. The lowest BCUT2D eigenvalue weighted by Gasteiger charge is -2.56. The van der Waals surface area contributed by atoms with Crippen molar-refractivity contribution >= 4 is 17.5 Å². The van der Waals surface area contributed by atoms with Gasteiger partial charge >= 0.3 is 0 Å². The molecule has 1 unspecified atom stereocenters. The third-order valence-electron chi connectivity index (χ3n) is 6.35. The molecule has 1 N–H and O–H groups in total. The van der Waals surface area contributed by atoms with E-state index in [1.54, 1.807) is 12.1 Å². The first kappa shape index (κ1) is 14.6. The van der Waals surface area contributed by atoms with E-state index in [2.05, 4.69) is 12.2 Å². The van der Waals surface area contributed by atoms with Crippen LogP contribution < -0.4 is 5.32 Å². The topological polar surface area (TPSA) is 29.1 Å². The largest absolute Gasteiger partial charge is 0.349 e. The maximum Gasteiger partial charge on any atom is 0.253 e. The SMILES string of the molecule is CC(NC(=O)c1ccccc1Cl)C1C2CC3CC(C2)CC1C3. The number of hydrogen-bond acceptors (Lipinski definition) is 1. The average Bonchev–Trinajstić information content (AvgIpc) is 2.46. The Hall–Kier alpha value is -1.02. The highest BCUT2D eigenvalue weighted by Gasteiger charge is 2.49. The molecular formula is C19H24ClNO. The third kappa shape index (κ3) is 2.46. The van der Waals surface area contributed by atoms with Gasteiger partial charge in [0.15, 0.2) is 0 Å². The van der Waals surface area contributed by atoms with Crippen molar-refractivity contribution in [3.8, 4) is 0 Å². The maximum atomic E-state index is 12.5. The molecule has 0 radical (unpaired) electrons. The van der Waals surface area contributed by atoms with Gasteiger partial charge in [-0.3, -0.25) is 4.79 Å². The maximum absolute atomic E-state index is 12.5. The molecule has 1 atom stereocenters. The van der Waals surface area contributed by atoms with Crippen LogP contribution in [0.25, 0.3) is 0 Å². The summed E-state index contributed by atoms with van der Waals surface area (Å²) in [6.45, 7) is 2.20. The van der Waals surface area contributed by atoms with Gasteiger partial charge in [-0.1, -0.05) is 23.7 Å². The van der Waals surface area contributed by atoms with Gasteiger partial charge in [0.05, 0.1) is 10.6 Å². The molecule has 0 aromatic heterocycles. The Kier molecular flexibility index (Phi) is 3.68. The van der Waals surface area contributed by atoms with Gasteiger partial charge in [-0.15, -0.1) is 0 Å². The number of halogens is 1. The summed E-state index contributed by atoms with van der Waals surface area (Å²) in [6.07, 6.45) is 7.04. The lowest BCUT2D eigenvalue weighted by molar-refractivity contribution is -0.0480. The summed E-state index contributed by atoms with van der Waals surface area (Å²) in [5, 5.41) is 3.78. The highest BCUT2D eigenvalue weighted by Crippen LogP contribution is 2.57. The van der Waals surface area contributed by atoms with Gasteiger partial charge in [0, 0.05) is 6.04 Å². The van der Waals surface area contributed by atoms with Crippen molar-refractivity contribution in [2.45, 2.75) is 45.1 Å².